The summed E-state index contributed by atoms with van der Waals surface area (Å²) in [5, 5.41) is 6.97. The Morgan fingerprint density at radius 1 is 1.11 bits per heavy atom. The van der Waals surface area contributed by atoms with Crippen LogP contribution in [0.15, 0.2) is 4.99 Å². The molecule has 27 heavy (non-hydrogen) atoms. The van der Waals surface area contributed by atoms with Crippen LogP contribution in [-0.2, 0) is 10.0 Å². The molecule has 0 saturated carbocycles. The van der Waals surface area contributed by atoms with Crippen LogP contribution in [0.1, 0.15) is 46.5 Å². The normalized spacial score (nSPS) is 22.3. The lowest BCUT2D eigenvalue weighted by Gasteiger charge is -2.34. The Morgan fingerprint density at radius 3 is 2.26 bits per heavy atom. The van der Waals surface area contributed by atoms with Gasteiger partial charge in [0.25, 0.3) is 0 Å². The van der Waals surface area contributed by atoms with Crippen molar-refractivity contribution in [3.05, 3.63) is 0 Å². The molecule has 7 nitrogen and oxygen atoms in total. The molecule has 2 fully saturated rings. The van der Waals surface area contributed by atoms with E-state index in [2.05, 4.69) is 36.3 Å². The van der Waals surface area contributed by atoms with Gasteiger partial charge in [-0.2, -0.15) is 0 Å². The Bertz CT molecular complexity index is 563. The molecule has 0 aromatic heterocycles. The van der Waals surface area contributed by atoms with Crippen molar-refractivity contribution in [1.29, 1.82) is 0 Å². The standard InChI is InChI=1S/C19H39N5O2S/c1-5-20-19(22-18-8-10-23(11-9-18)15-16(2)3)21-14-17-6-12-24(13-7-17)27(4,25)26/h16-18H,5-15H2,1-4H3,(H2,20,21,22). The molecule has 0 aromatic carbocycles. The number of sulfonamides is 1. The Labute approximate surface area is 166 Å². The van der Waals surface area contributed by atoms with E-state index >= 15 is 0 Å². The second-order valence-electron chi connectivity index (χ2n) is 8.44. The van der Waals surface area contributed by atoms with Gasteiger partial charge in [-0.1, -0.05) is 13.8 Å². The number of piperidine rings is 2. The summed E-state index contributed by atoms with van der Waals surface area (Å²) in [4.78, 5) is 7.36. The molecule has 0 radical (unpaired) electrons. The van der Waals surface area contributed by atoms with Crippen LogP contribution in [-0.4, -0.2) is 81.7 Å². The summed E-state index contributed by atoms with van der Waals surface area (Å²) in [6, 6.07) is 0.485. The van der Waals surface area contributed by atoms with E-state index in [-0.39, 0.29) is 0 Å². The van der Waals surface area contributed by atoms with Crippen LogP contribution in [0.4, 0.5) is 0 Å². The number of nitrogens with one attached hydrogen (secondary N) is 2. The predicted molar refractivity (Wildman–Crippen MR) is 113 cm³/mol. The quantitative estimate of drug-likeness (QED) is 0.497. The van der Waals surface area contributed by atoms with Crippen LogP contribution in [0.2, 0.25) is 0 Å². The van der Waals surface area contributed by atoms with Crippen LogP contribution >= 0.6 is 0 Å². The van der Waals surface area contributed by atoms with E-state index in [4.69, 9.17) is 4.99 Å². The summed E-state index contributed by atoms with van der Waals surface area (Å²) >= 11 is 0. The van der Waals surface area contributed by atoms with E-state index in [9.17, 15) is 8.42 Å². The van der Waals surface area contributed by atoms with Gasteiger partial charge in [-0.15, -0.1) is 0 Å². The van der Waals surface area contributed by atoms with Crippen LogP contribution in [0.3, 0.4) is 0 Å². The van der Waals surface area contributed by atoms with Gasteiger partial charge in [-0.05, 0) is 44.4 Å². The van der Waals surface area contributed by atoms with Gasteiger partial charge >= 0.3 is 0 Å². The lowest BCUT2D eigenvalue weighted by atomic mass is 9.98. The molecule has 0 bridgehead atoms. The molecule has 0 atom stereocenters. The highest BCUT2D eigenvalue weighted by atomic mass is 32.2. The monoisotopic (exact) mass is 401 g/mol. The van der Waals surface area contributed by atoms with E-state index in [0.29, 0.717) is 25.0 Å². The Kier molecular flexibility index (Phi) is 8.82. The maximum Gasteiger partial charge on any atom is 0.211 e. The van der Waals surface area contributed by atoms with E-state index in [1.54, 1.807) is 4.31 Å². The van der Waals surface area contributed by atoms with Crippen molar-refractivity contribution in [3.63, 3.8) is 0 Å². The molecule has 0 spiro atoms. The second-order valence-corrected chi connectivity index (χ2v) is 10.4. The molecule has 8 heteroatoms. The summed E-state index contributed by atoms with van der Waals surface area (Å²) in [6.07, 6.45) is 5.39. The minimum atomic E-state index is -3.05. The van der Waals surface area contributed by atoms with Crippen molar-refractivity contribution in [2.45, 2.75) is 52.5 Å². The summed E-state index contributed by atoms with van der Waals surface area (Å²) < 4.78 is 24.8. The van der Waals surface area contributed by atoms with E-state index < -0.39 is 10.0 Å². The lowest BCUT2D eigenvalue weighted by molar-refractivity contribution is 0.187. The Morgan fingerprint density at radius 2 is 1.74 bits per heavy atom. The van der Waals surface area contributed by atoms with Crippen molar-refractivity contribution in [1.82, 2.24) is 19.8 Å². The maximum atomic E-state index is 11.6. The zero-order chi connectivity index (χ0) is 19.9. The molecular weight excluding hydrogens is 362 g/mol. The molecule has 158 valence electrons. The first kappa shape index (κ1) is 22.4. The van der Waals surface area contributed by atoms with Gasteiger partial charge < -0.3 is 15.5 Å². The summed E-state index contributed by atoms with van der Waals surface area (Å²) in [5.74, 6) is 2.10. The summed E-state index contributed by atoms with van der Waals surface area (Å²) in [7, 11) is -3.05. The average molecular weight is 402 g/mol. The van der Waals surface area contributed by atoms with Gasteiger partial charge in [0, 0.05) is 51.9 Å². The van der Waals surface area contributed by atoms with Gasteiger partial charge in [-0.3, -0.25) is 4.99 Å². The van der Waals surface area contributed by atoms with Crippen LogP contribution < -0.4 is 10.6 Å². The first-order valence-electron chi connectivity index (χ1n) is 10.5. The molecule has 0 amide bonds. The van der Waals surface area contributed by atoms with Crippen LogP contribution in [0.25, 0.3) is 0 Å². The summed E-state index contributed by atoms with van der Waals surface area (Å²) in [5.41, 5.74) is 0. The fourth-order valence-corrected chi connectivity index (χ4v) is 4.81. The number of aliphatic imine (C=N–C) groups is 1. The van der Waals surface area contributed by atoms with E-state index in [1.807, 2.05) is 0 Å². The summed E-state index contributed by atoms with van der Waals surface area (Å²) in [6.45, 7) is 13.0. The molecular formula is C19H39N5O2S. The van der Waals surface area contributed by atoms with E-state index in [0.717, 1.165) is 63.7 Å². The highest BCUT2D eigenvalue weighted by Gasteiger charge is 2.25. The number of rotatable bonds is 7. The third-order valence-corrected chi connectivity index (χ3v) is 6.75. The Balaban J connectivity index is 1.78. The topological polar surface area (TPSA) is 77.0 Å². The van der Waals surface area contributed by atoms with Crippen LogP contribution in [0, 0.1) is 11.8 Å². The largest absolute Gasteiger partial charge is 0.357 e. The second kappa shape index (κ2) is 10.6. The highest BCUT2D eigenvalue weighted by Crippen LogP contribution is 2.19. The first-order valence-corrected chi connectivity index (χ1v) is 12.3. The predicted octanol–water partition coefficient (Wildman–Crippen LogP) is 1.33. The van der Waals surface area contributed by atoms with Crippen LogP contribution in [0.5, 0.6) is 0 Å². The molecule has 2 aliphatic heterocycles. The molecule has 0 aromatic rings. The lowest BCUT2D eigenvalue weighted by Crippen LogP contribution is -2.49. The third kappa shape index (κ3) is 7.95. The fourth-order valence-electron chi connectivity index (χ4n) is 3.93. The number of likely N-dealkylation sites (tertiary alicyclic amines) is 1. The van der Waals surface area contributed by atoms with Crippen molar-refractivity contribution < 1.29 is 8.42 Å². The van der Waals surface area contributed by atoms with Crippen molar-refractivity contribution in [2.75, 3.05) is 52.1 Å². The minimum Gasteiger partial charge on any atom is -0.357 e. The van der Waals surface area contributed by atoms with E-state index in [1.165, 1.54) is 12.8 Å². The number of nitrogens with zero attached hydrogens (tertiary/aromatic N) is 3. The Hall–Kier alpha value is -0.860. The minimum absolute atomic E-state index is 0.464. The molecule has 2 saturated heterocycles. The fraction of sp³-hybridized carbons (Fsp3) is 0.947. The molecule has 2 heterocycles. The third-order valence-electron chi connectivity index (χ3n) is 5.45. The molecule has 2 N–H and O–H groups in total. The number of hydrogen-bond donors (Lipinski definition) is 2. The highest BCUT2D eigenvalue weighted by molar-refractivity contribution is 7.88. The zero-order valence-electron chi connectivity index (χ0n) is 17.6. The molecule has 2 rings (SSSR count). The van der Waals surface area contributed by atoms with Gasteiger partial charge in [0.15, 0.2) is 5.96 Å². The molecule has 2 aliphatic rings. The van der Waals surface area contributed by atoms with Crippen molar-refractivity contribution in [2.24, 2.45) is 16.8 Å². The van der Waals surface area contributed by atoms with Gasteiger partial charge in [0.05, 0.1) is 6.26 Å². The SMILES string of the molecule is CCNC(=NCC1CCN(S(C)(=O)=O)CC1)NC1CCN(CC(C)C)CC1. The van der Waals surface area contributed by atoms with Gasteiger partial charge in [0.2, 0.25) is 10.0 Å². The van der Waals surface area contributed by atoms with Crippen molar-refractivity contribution >= 4 is 16.0 Å². The van der Waals surface area contributed by atoms with Gasteiger partial charge in [0.1, 0.15) is 0 Å². The number of guanidine groups is 1. The molecule has 0 unspecified atom stereocenters. The van der Waals surface area contributed by atoms with Crippen molar-refractivity contribution in [3.8, 4) is 0 Å². The maximum absolute atomic E-state index is 11.6. The zero-order valence-corrected chi connectivity index (χ0v) is 18.4. The number of hydrogen-bond acceptors (Lipinski definition) is 4. The first-order chi connectivity index (χ1) is 12.8. The smallest absolute Gasteiger partial charge is 0.211 e. The average Bonchev–Trinajstić information content (AvgIpc) is 2.61. The van der Waals surface area contributed by atoms with Gasteiger partial charge in [-0.25, -0.2) is 12.7 Å². The molecule has 0 aliphatic carbocycles.